The average Bonchev–Trinajstić information content (AvgIpc) is 3.00. The van der Waals surface area contributed by atoms with Gasteiger partial charge in [-0.15, -0.1) is 0 Å². The van der Waals surface area contributed by atoms with Crippen LogP contribution in [0.4, 0.5) is 0 Å². The van der Waals surface area contributed by atoms with Crippen molar-refractivity contribution in [2.24, 2.45) is 0 Å². The first-order valence-corrected chi connectivity index (χ1v) is 8.06. The van der Waals surface area contributed by atoms with E-state index in [1.807, 2.05) is 0 Å². The third-order valence-electron chi connectivity index (χ3n) is 2.39. The van der Waals surface area contributed by atoms with E-state index in [-0.39, 0.29) is 46.8 Å². The Kier molecular flexibility index (Phi) is 3.24. The molecule has 82 valence electrons. The van der Waals surface area contributed by atoms with Gasteiger partial charge in [0.05, 0.1) is 0 Å². The zero-order chi connectivity index (χ0) is 11.2. The molecule has 0 aromatic rings. The summed E-state index contributed by atoms with van der Waals surface area (Å²) in [5, 5.41) is 0.196. The van der Waals surface area contributed by atoms with Crippen molar-refractivity contribution in [3.05, 3.63) is 21.2 Å². The van der Waals surface area contributed by atoms with E-state index < -0.39 is 0 Å². The van der Waals surface area contributed by atoms with Crippen LogP contribution in [0, 0.1) is 0 Å². The molecule has 0 amide bonds. The van der Waals surface area contributed by atoms with Gasteiger partial charge in [-0.25, -0.2) is 0 Å². The molecule has 1 unspecified atom stereocenters. The van der Waals surface area contributed by atoms with Gasteiger partial charge < -0.3 is 0 Å². The van der Waals surface area contributed by atoms with Crippen LogP contribution in [0.2, 0.25) is 0 Å². The van der Waals surface area contributed by atoms with Gasteiger partial charge in [-0.3, -0.25) is 0 Å². The Bertz CT molecular complexity index is 419. The van der Waals surface area contributed by atoms with E-state index in [4.69, 9.17) is 23.2 Å². The molecule has 1 atom stereocenters. The van der Waals surface area contributed by atoms with Crippen LogP contribution in [0.1, 0.15) is 13.3 Å². The van der Waals surface area contributed by atoms with Gasteiger partial charge in [-0.05, 0) is 0 Å². The molecule has 2 aliphatic rings. The van der Waals surface area contributed by atoms with Crippen molar-refractivity contribution in [3.63, 3.8) is 0 Å². The van der Waals surface area contributed by atoms with Gasteiger partial charge in [-0.2, -0.15) is 0 Å². The van der Waals surface area contributed by atoms with Gasteiger partial charge in [0.1, 0.15) is 0 Å². The van der Waals surface area contributed by atoms with Crippen LogP contribution in [0.3, 0.4) is 0 Å². The van der Waals surface area contributed by atoms with E-state index in [1.54, 1.807) is 6.92 Å². The molecular formula is C10H8Cl2IO2-. The molecule has 1 heterocycles. The van der Waals surface area contributed by atoms with E-state index in [9.17, 15) is 9.59 Å². The van der Waals surface area contributed by atoms with Crippen molar-refractivity contribution in [1.29, 1.82) is 0 Å². The van der Waals surface area contributed by atoms with Crippen LogP contribution in [-0.4, -0.2) is 19.9 Å². The summed E-state index contributed by atoms with van der Waals surface area (Å²) in [7, 11) is 0. The average molecular weight is 358 g/mol. The molecule has 1 aliphatic heterocycles. The second kappa shape index (κ2) is 4.18. The van der Waals surface area contributed by atoms with Gasteiger partial charge >= 0.3 is 108 Å². The Morgan fingerprint density at radius 1 is 1.27 bits per heavy atom. The van der Waals surface area contributed by atoms with Crippen LogP contribution in [0.15, 0.2) is 21.2 Å². The molecule has 0 aromatic heterocycles. The Labute approximate surface area is 108 Å². The monoisotopic (exact) mass is 357 g/mol. The number of rotatable bonds is 2. The molecule has 1 aliphatic carbocycles. The van der Waals surface area contributed by atoms with Gasteiger partial charge in [-0.1, -0.05) is 0 Å². The molecule has 2 nitrogen and oxygen atoms in total. The van der Waals surface area contributed by atoms with Gasteiger partial charge in [0.2, 0.25) is 0 Å². The molecule has 2 rings (SSSR count). The first-order chi connectivity index (χ1) is 7.07. The molecule has 15 heavy (non-hydrogen) atoms. The van der Waals surface area contributed by atoms with Crippen molar-refractivity contribution >= 4 is 34.8 Å². The van der Waals surface area contributed by atoms with Crippen molar-refractivity contribution in [2.75, 3.05) is 4.43 Å². The zero-order valence-electron chi connectivity index (χ0n) is 7.94. The fraction of sp³-hybridized carbons (Fsp3) is 0.400. The SMILES string of the molecule is CCC1=C(Cl)C(=O)C(C2C[I-]2)=C(Cl)C1=O. The van der Waals surface area contributed by atoms with Crippen LogP contribution in [0.25, 0.3) is 0 Å². The molecule has 0 bridgehead atoms. The Balaban J connectivity index is 2.48. The van der Waals surface area contributed by atoms with Crippen molar-refractivity contribution in [2.45, 2.75) is 17.3 Å². The summed E-state index contributed by atoms with van der Waals surface area (Å²) in [6.45, 7) is 1.79. The molecule has 5 heteroatoms. The number of alkyl halides is 2. The molecule has 1 saturated heterocycles. The second-order valence-corrected chi connectivity index (χ2v) is 7.33. The van der Waals surface area contributed by atoms with Gasteiger partial charge in [0.15, 0.2) is 0 Å². The minimum absolute atomic E-state index is 0.0400. The van der Waals surface area contributed by atoms with E-state index in [0.29, 0.717) is 17.6 Å². The summed E-state index contributed by atoms with van der Waals surface area (Å²) in [5.41, 5.74) is 0.839. The number of hydrogen-bond acceptors (Lipinski definition) is 2. The Morgan fingerprint density at radius 3 is 2.33 bits per heavy atom. The number of carbonyl (C=O) groups is 2. The predicted octanol–water partition coefficient (Wildman–Crippen LogP) is -0.995. The number of allylic oxidation sites excluding steroid dienone is 4. The fourth-order valence-electron chi connectivity index (χ4n) is 1.50. The number of ketones is 2. The molecule has 0 radical (unpaired) electrons. The van der Waals surface area contributed by atoms with Crippen molar-refractivity contribution in [1.82, 2.24) is 0 Å². The first kappa shape index (κ1) is 11.6. The molecule has 0 aromatic carbocycles. The Hall–Kier alpha value is 0.130. The molecule has 0 spiro atoms. The summed E-state index contributed by atoms with van der Waals surface area (Å²) in [6, 6.07) is 0. The van der Waals surface area contributed by atoms with Crippen LogP contribution < -0.4 is 21.2 Å². The summed E-state index contributed by atoms with van der Waals surface area (Å²) in [6.07, 6.45) is 0.451. The zero-order valence-corrected chi connectivity index (χ0v) is 11.6. The number of hydrogen-bond donors (Lipinski definition) is 0. The number of halogens is 3. The minimum atomic E-state index is -0.255. The summed E-state index contributed by atoms with van der Waals surface area (Å²) < 4.78 is 1.30. The standard InChI is InChI=1S/C10H8Cl2IO2/c1-2-4-7(11)10(15)6(5-3-13-5)8(12)9(4)14/h5H,2-3H2,1H3/q-1. The third-order valence-corrected chi connectivity index (χ3v) is 5.55. The first-order valence-electron chi connectivity index (χ1n) is 4.53. The normalized spacial score (nSPS) is 27.0. The summed E-state index contributed by atoms with van der Waals surface area (Å²) >= 11 is 11.9. The number of carbonyl (C=O) groups excluding carboxylic acids is 2. The van der Waals surface area contributed by atoms with Crippen LogP contribution in [-0.2, 0) is 9.59 Å². The number of Topliss-reactive ketones (excluding diaryl/α,β-unsaturated/α-hetero) is 2. The van der Waals surface area contributed by atoms with Gasteiger partial charge in [0.25, 0.3) is 0 Å². The molecule has 1 fully saturated rings. The van der Waals surface area contributed by atoms with Crippen molar-refractivity contribution in [3.8, 4) is 0 Å². The Morgan fingerprint density at radius 2 is 1.87 bits per heavy atom. The van der Waals surface area contributed by atoms with Crippen LogP contribution >= 0.6 is 23.2 Å². The van der Waals surface area contributed by atoms with Crippen LogP contribution in [0.5, 0.6) is 0 Å². The van der Waals surface area contributed by atoms with Gasteiger partial charge in [0, 0.05) is 0 Å². The quantitative estimate of drug-likeness (QED) is 0.361. The molecule has 0 N–H and O–H groups in total. The topological polar surface area (TPSA) is 34.1 Å². The van der Waals surface area contributed by atoms with E-state index >= 15 is 0 Å². The van der Waals surface area contributed by atoms with E-state index in [2.05, 4.69) is 0 Å². The van der Waals surface area contributed by atoms with E-state index in [1.165, 1.54) is 0 Å². The fourth-order valence-corrected chi connectivity index (χ4v) is 4.07. The molecular weight excluding hydrogens is 350 g/mol. The van der Waals surface area contributed by atoms with E-state index in [0.717, 1.165) is 4.43 Å². The maximum atomic E-state index is 11.9. The second-order valence-electron chi connectivity index (χ2n) is 3.31. The predicted molar refractivity (Wildman–Crippen MR) is 54.7 cm³/mol. The summed E-state index contributed by atoms with van der Waals surface area (Å²) in [5.74, 6) is -0.477. The third kappa shape index (κ3) is 1.89. The maximum absolute atomic E-state index is 11.9. The molecule has 0 saturated carbocycles. The summed E-state index contributed by atoms with van der Waals surface area (Å²) in [4.78, 5) is 23.6. The van der Waals surface area contributed by atoms with Crippen molar-refractivity contribution < 1.29 is 30.8 Å².